The molecule has 0 fully saturated rings. The van der Waals surface area contributed by atoms with Crippen molar-refractivity contribution in [2.75, 3.05) is 0 Å². The molecule has 1 aromatic heterocycles. The van der Waals surface area contributed by atoms with Crippen molar-refractivity contribution in [3.05, 3.63) is 70.3 Å². The lowest BCUT2D eigenvalue weighted by Gasteiger charge is -2.16. The topological polar surface area (TPSA) is 34.9 Å². The first kappa shape index (κ1) is 15.1. The van der Waals surface area contributed by atoms with Gasteiger partial charge in [0.25, 0.3) is 5.56 Å². The second-order valence-electron chi connectivity index (χ2n) is 5.70. The zero-order valence-electron chi connectivity index (χ0n) is 13.5. The van der Waals surface area contributed by atoms with Crippen molar-refractivity contribution in [1.29, 1.82) is 0 Å². The van der Waals surface area contributed by atoms with E-state index in [9.17, 15) is 4.79 Å². The molecule has 0 aliphatic carbocycles. The van der Waals surface area contributed by atoms with Crippen LogP contribution in [0.15, 0.2) is 53.3 Å². The Morgan fingerprint density at radius 1 is 1.04 bits per heavy atom. The van der Waals surface area contributed by atoms with E-state index in [0.29, 0.717) is 5.39 Å². The Labute approximate surface area is 135 Å². The van der Waals surface area contributed by atoms with Crippen molar-refractivity contribution < 1.29 is 0 Å². The number of rotatable bonds is 2. The maximum atomic E-state index is 13.0. The van der Waals surface area contributed by atoms with Gasteiger partial charge in [-0.05, 0) is 43.3 Å². The molecule has 0 saturated heterocycles. The lowest BCUT2D eigenvalue weighted by atomic mass is 10.1. The summed E-state index contributed by atoms with van der Waals surface area (Å²) in [5, 5.41) is 0.634. The summed E-state index contributed by atoms with van der Waals surface area (Å²) in [5.41, 5.74) is 2.46. The molecule has 0 spiro atoms. The van der Waals surface area contributed by atoms with Crippen LogP contribution in [-0.2, 0) is 0 Å². The number of nitrogens with zero attached hydrogens (tertiary/aromatic N) is 2. The molecule has 0 aliphatic rings. The van der Waals surface area contributed by atoms with Crippen molar-refractivity contribution in [3.8, 4) is 17.5 Å². The quantitative estimate of drug-likeness (QED) is 0.673. The van der Waals surface area contributed by atoms with Crippen molar-refractivity contribution in [2.24, 2.45) is 0 Å². The van der Waals surface area contributed by atoms with Crippen molar-refractivity contribution >= 4 is 10.9 Å². The zero-order chi connectivity index (χ0) is 16.4. The molecule has 3 rings (SSSR count). The van der Waals surface area contributed by atoms with Crippen LogP contribution in [0, 0.1) is 11.8 Å². The van der Waals surface area contributed by atoms with Gasteiger partial charge >= 0.3 is 0 Å². The SMILES string of the molecule is CC#Cc1ccc(-n2c(C(C)C)nc3ccccc3c2=O)cc1. The highest BCUT2D eigenvalue weighted by atomic mass is 16.1. The molecule has 1 heterocycles. The fraction of sp³-hybridized carbons (Fsp3) is 0.200. The first-order valence-electron chi connectivity index (χ1n) is 7.66. The van der Waals surface area contributed by atoms with Gasteiger partial charge in [-0.3, -0.25) is 9.36 Å². The Hall–Kier alpha value is -2.86. The van der Waals surface area contributed by atoms with E-state index >= 15 is 0 Å². The standard InChI is InChI=1S/C20H18N2O/c1-4-7-15-10-12-16(13-11-15)22-19(14(2)3)21-18-9-6-5-8-17(18)20(22)23/h5-6,8-14H,1-3H3. The van der Waals surface area contributed by atoms with E-state index in [0.717, 1.165) is 22.6 Å². The van der Waals surface area contributed by atoms with Gasteiger partial charge < -0.3 is 0 Å². The monoisotopic (exact) mass is 302 g/mol. The number of aromatic nitrogens is 2. The lowest BCUT2D eigenvalue weighted by molar-refractivity contribution is 0.723. The van der Waals surface area contributed by atoms with Crippen LogP contribution < -0.4 is 5.56 Å². The minimum atomic E-state index is -0.0337. The van der Waals surface area contributed by atoms with Gasteiger partial charge in [-0.2, -0.15) is 0 Å². The van der Waals surface area contributed by atoms with Gasteiger partial charge in [0.05, 0.1) is 16.6 Å². The Morgan fingerprint density at radius 3 is 2.39 bits per heavy atom. The Morgan fingerprint density at radius 2 is 1.74 bits per heavy atom. The Balaban J connectivity index is 2.30. The highest BCUT2D eigenvalue weighted by Gasteiger charge is 2.14. The summed E-state index contributed by atoms with van der Waals surface area (Å²) in [4.78, 5) is 17.7. The molecule has 0 N–H and O–H groups in total. The summed E-state index contributed by atoms with van der Waals surface area (Å²) in [7, 11) is 0. The van der Waals surface area contributed by atoms with E-state index in [2.05, 4.69) is 11.8 Å². The molecular weight excluding hydrogens is 284 g/mol. The average Bonchev–Trinajstić information content (AvgIpc) is 2.56. The van der Waals surface area contributed by atoms with Crippen LogP contribution in [0.25, 0.3) is 16.6 Å². The molecule has 0 unspecified atom stereocenters. The van der Waals surface area contributed by atoms with E-state index in [1.54, 1.807) is 4.57 Å². The highest BCUT2D eigenvalue weighted by molar-refractivity contribution is 5.77. The predicted octanol–water partition coefficient (Wildman–Crippen LogP) is 3.88. The van der Waals surface area contributed by atoms with E-state index in [1.807, 2.05) is 69.3 Å². The summed E-state index contributed by atoms with van der Waals surface area (Å²) >= 11 is 0. The van der Waals surface area contributed by atoms with Crippen molar-refractivity contribution in [3.63, 3.8) is 0 Å². The summed E-state index contributed by atoms with van der Waals surface area (Å²) in [6, 6.07) is 15.2. The molecule has 0 aliphatic heterocycles. The molecular formula is C20H18N2O. The summed E-state index contributed by atoms with van der Waals surface area (Å²) < 4.78 is 1.70. The van der Waals surface area contributed by atoms with Crippen LogP contribution in [0.5, 0.6) is 0 Å². The second-order valence-corrected chi connectivity index (χ2v) is 5.70. The molecule has 0 bridgehead atoms. The number of hydrogen-bond acceptors (Lipinski definition) is 2. The zero-order valence-corrected chi connectivity index (χ0v) is 13.5. The van der Waals surface area contributed by atoms with Crippen LogP contribution in [0.2, 0.25) is 0 Å². The summed E-state index contributed by atoms with van der Waals surface area (Å²) in [6.45, 7) is 5.90. The third kappa shape index (κ3) is 2.76. The molecule has 3 nitrogen and oxygen atoms in total. The van der Waals surface area contributed by atoms with Gasteiger partial charge in [0, 0.05) is 11.5 Å². The third-order valence-corrected chi connectivity index (χ3v) is 3.71. The van der Waals surface area contributed by atoms with E-state index < -0.39 is 0 Å². The van der Waals surface area contributed by atoms with Gasteiger partial charge in [-0.1, -0.05) is 31.9 Å². The highest BCUT2D eigenvalue weighted by Crippen LogP contribution is 2.19. The normalized spacial score (nSPS) is 10.6. The van der Waals surface area contributed by atoms with E-state index in [-0.39, 0.29) is 11.5 Å². The number of benzene rings is 2. The van der Waals surface area contributed by atoms with Crippen molar-refractivity contribution in [2.45, 2.75) is 26.7 Å². The fourth-order valence-electron chi connectivity index (χ4n) is 2.62. The number of para-hydroxylation sites is 1. The molecule has 0 radical (unpaired) electrons. The number of hydrogen-bond donors (Lipinski definition) is 0. The smallest absolute Gasteiger partial charge is 0.265 e. The molecule has 3 aromatic rings. The van der Waals surface area contributed by atoms with Gasteiger partial charge in [0.2, 0.25) is 0 Å². The number of fused-ring (bicyclic) bond motifs is 1. The largest absolute Gasteiger partial charge is 0.268 e. The molecule has 23 heavy (non-hydrogen) atoms. The molecule has 3 heteroatoms. The molecule has 0 atom stereocenters. The van der Waals surface area contributed by atoms with Crippen molar-refractivity contribution in [1.82, 2.24) is 9.55 Å². The maximum Gasteiger partial charge on any atom is 0.265 e. The summed E-state index contributed by atoms with van der Waals surface area (Å²) in [5.74, 6) is 6.80. The lowest BCUT2D eigenvalue weighted by Crippen LogP contribution is -2.24. The molecule has 0 saturated carbocycles. The minimum Gasteiger partial charge on any atom is -0.268 e. The van der Waals surface area contributed by atoms with Gasteiger partial charge in [0.1, 0.15) is 5.82 Å². The van der Waals surface area contributed by atoms with Gasteiger partial charge in [0.15, 0.2) is 0 Å². The van der Waals surface area contributed by atoms with Crippen LogP contribution in [0.1, 0.15) is 38.1 Å². The summed E-state index contributed by atoms with van der Waals surface area (Å²) in [6.07, 6.45) is 0. The van der Waals surface area contributed by atoms with Gasteiger partial charge in [-0.25, -0.2) is 4.98 Å². The first-order chi connectivity index (χ1) is 11.1. The minimum absolute atomic E-state index is 0.0337. The van der Waals surface area contributed by atoms with Gasteiger partial charge in [-0.15, -0.1) is 5.92 Å². The molecule has 2 aromatic carbocycles. The van der Waals surface area contributed by atoms with E-state index in [4.69, 9.17) is 4.98 Å². The first-order valence-corrected chi connectivity index (χ1v) is 7.66. The maximum absolute atomic E-state index is 13.0. The molecule has 114 valence electrons. The van der Waals surface area contributed by atoms with Crippen LogP contribution >= 0.6 is 0 Å². The average molecular weight is 302 g/mol. The Bertz CT molecular complexity index is 970. The fourth-order valence-corrected chi connectivity index (χ4v) is 2.62. The van der Waals surface area contributed by atoms with Crippen LogP contribution in [0.4, 0.5) is 0 Å². The molecule has 0 amide bonds. The Kier molecular flexibility index (Phi) is 3.99. The third-order valence-electron chi connectivity index (χ3n) is 3.71. The van der Waals surface area contributed by atoms with Crippen LogP contribution in [-0.4, -0.2) is 9.55 Å². The predicted molar refractivity (Wildman–Crippen MR) is 94.0 cm³/mol. The van der Waals surface area contributed by atoms with Crippen LogP contribution in [0.3, 0.4) is 0 Å². The second kappa shape index (κ2) is 6.10. The van der Waals surface area contributed by atoms with E-state index in [1.165, 1.54) is 0 Å².